The Morgan fingerprint density at radius 1 is 1.07 bits per heavy atom. The molecule has 0 bridgehead atoms. The molecular weight excluding hydrogens is 358 g/mol. The van der Waals surface area contributed by atoms with Crippen LogP contribution in [0.15, 0.2) is 53.7 Å². The van der Waals surface area contributed by atoms with Crippen LogP contribution in [0.1, 0.15) is 36.6 Å². The SMILES string of the molecule is Cc1cccc(-n2nnnc2SC(C)C(=O)NC(C)c2ccccc2)c1C. The fourth-order valence-electron chi connectivity index (χ4n) is 2.74. The smallest absolute Gasteiger partial charge is 0.233 e. The third kappa shape index (κ3) is 4.36. The number of carbonyl (C=O) groups excluding carboxylic acids is 1. The quantitative estimate of drug-likeness (QED) is 0.660. The monoisotopic (exact) mass is 381 g/mol. The van der Waals surface area contributed by atoms with Gasteiger partial charge in [-0.15, -0.1) is 5.10 Å². The Morgan fingerprint density at radius 3 is 2.56 bits per heavy atom. The van der Waals surface area contributed by atoms with Gasteiger partial charge in [-0.1, -0.05) is 54.2 Å². The number of benzene rings is 2. The molecule has 0 fully saturated rings. The van der Waals surface area contributed by atoms with Crippen LogP contribution in [0.2, 0.25) is 0 Å². The maximum Gasteiger partial charge on any atom is 0.233 e. The molecule has 0 saturated carbocycles. The van der Waals surface area contributed by atoms with Crippen molar-refractivity contribution in [1.29, 1.82) is 0 Å². The Labute approximate surface area is 163 Å². The van der Waals surface area contributed by atoms with E-state index in [9.17, 15) is 4.79 Å². The maximum absolute atomic E-state index is 12.6. The summed E-state index contributed by atoms with van der Waals surface area (Å²) < 4.78 is 1.69. The third-order valence-corrected chi connectivity index (χ3v) is 5.59. The molecule has 2 unspecified atom stereocenters. The molecule has 0 saturated heterocycles. The van der Waals surface area contributed by atoms with E-state index >= 15 is 0 Å². The lowest BCUT2D eigenvalue weighted by Gasteiger charge is -2.17. The van der Waals surface area contributed by atoms with Gasteiger partial charge in [-0.3, -0.25) is 4.79 Å². The van der Waals surface area contributed by atoms with Crippen LogP contribution in [-0.4, -0.2) is 31.4 Å². The lowest BCUT2D eigenvalue weighted by Crippen LogP contribution is -2.33. The van der Waals surface area contributed by atoms with Gasteiger partial charge in [-0.05, 0) is 60.9 Å². The lowest BCUT2D eigenvalue weighted by molar-refractivity contribution is -0.120. The summed E-state index contributed by atoms with van der Waals surface area (Å²) >= 11 is 1.35. The van der Waals surface area contributed by atoms with Gasteiger partial charge in [0, 0.05) is 0 Å². The van der Waals surface area contributed by atoms with E-state index in [1.807, 2.05) is 63.2 Å². The number of nitrogens with zero attached hydrogens (tertiary/aromatic N) is 4. The van der Waals surface area contributed by atoms with Crippen LogP contribution in [-0.2, 0) is 4.79 Å². The molecule has 1 heterocycles. The van der Waals surface area contributed by atoms with E-state index in [0.717, 1.165) is 16.8 Å². The number of hydrogen-bond acceptors (Lipinski definition) is 5. The molecule has 0 radical (unpaired) electrons. The molecule has 0 aliphatic carbocycles. The Hall–Kier alpha value is -2.67. The fourth-order valence-corrected chi connectivity index (χ4v) is 3.55. The first kappa shape index (κ1) is 19.1. The molecule has 0 aliphatic heterocycles. The number of amides is 1. The number of nitrogens with one attached hydrogen (secondary N) is 1. The van der Waals surface area contributed by atoms with Gasteiger partial charge >= 0.3 is 0 Å². The summed E-state index contributed by atoms with van der Waals surface area (Å²) in [5, 5.41) is 15.3. The minimum absolute atomic E-state index is 0.0492. The van der Waals surface area contributed by atoms with Crippen LogP contribution < -0.4 is 5.32 Å². The number of carbonyl (C=O) groups is 1. The normalized spacial score (nSPS) is 13.2. The highest BCUT2D eigenvalue weighted by atomic mass is 32.2. The van der Waals surface area contributed by atoms with Crippen molar-refractivity contribution >= 4 is 17.7 Å². The van der Waals surface area contributed by atoms with E-state index in [-0.39, 0.29) is 17.2 Å². The van der Waals surface area contributed by atoms with Gasteiger partial charge in [0.1, 0.15) is 0 Å². The van der Waals surface area contributed by atoms with E-state index < -0.39 is 0 Å². The number of rotatable bonds is 6. The number of thioether (sulfide) groups is 1. The van der Waals surface area contributed by atoms with Gasteiger partial charge in [0.2, 0.25) is 11.1 Å². The molecule has 7 heteroatoms. The molecule has 3 rings (SSSR count). The summed E-state index contributed by atoms with van der Waals surface area (Å²) in [5.41, 5.74) is 4.28. The standard InChI is InChI=1S/C20H23N5OS/c1-13-9-8-12-18(14(13)2)25-20(22-23-24-25)27-16(4)19(26)21-15(3)17-10-6-5-7-11-17/h5-12,15-16H,1-4H3,(H,21,26). The van der Waals surface area contributed by atoms with Crippen LogP contribution in [0.5, 0.6) is 0 Å². The molecule has 1 N–H and O–H groups in total. The van der Waals surface area contributed by atoms with Crippen LogP contribution in [0.4, 0.5) is 0 Å². The first-order valence-electron chi connectivity index (χ1n) is 8.84. The summed E-state index contributed by atoms with van der Waals surface area (Å²) in [5.74, 6) is -0.0492. The van der Waals surface area contributed by atoms with Crippen LogP contribution in [0, 0.1) is 13.8 Å². The van der Waals surface area contributed by atoms with Crippen molar-refractivity contribution in [2.75, 3.05) is 0 Å². The van der Waals surface area contributed by atoms with Gasteiger partial charge in [0.05, 0.1) is 17.0 Å². The van der Waals surface area contributed by atoms with Gasteiger partial charge in [0.25, 0.3) is 0 Å². The largest absolute Gasteiger partial charge is 0.349 e. The van der Waals surface area contributed by atoms with E-state index in [0.29, 0.717) is 5.16 Å². The van der Waals surface area contributed by atoms with Gasteiger partial charge < -0.3 is 5.32 Å². The number of aryl methyl sites for hydroxylation is 1. The molecule has 0 spiro atoms. The summed E-state index contributed by atoms with van der Waals surface area (Å²) in [6.07, 6.45) is 0. The molecule has 2 atom stereocenters. The van der Waals surface area contributed by atoms with Crippen LogP contribution >= 0.6 is 11.8 Å². The van der Waals surface area contributed by atoms with Crippen molar-refractivity contribution in [3.05, 3.63) is 65.2 Å². The Kier molecular flexibility index (Phi) is 5.91. The van der Waals surface area contributed by atoms with Crippen LogP contribution in [0.25, 0.3) is 5.69 Å². The number of tetrazole rings is 1. The molecule has 140 valence electrons. The molecule has 1 aromatic heterocycles. The van der Waals surface area contributed by atoms with Crippen molar-refractivity contribution in [3.63, 3.8) is 0 Å². The van der Waals surface area contributed by atoms with Crippen molar-refractivity contribution in [2.45, 2.75) is 44.1 Å². The Bertz CT molecular complexity index is 925. The van der Waals surface area contributed by atoms with E-state index in [1.54, 1.807) is 4.68 Å². The van der Waals surface area contributed by atoms with Gasteiger partial charge in [-0.25, -0.2) is 0 Å². The summed E-state index contributed by atoms with van der Waals surface area (Å²) in [6, 6.07) is 15.9. The molecule has 0 aliphatic rings. The highest BCUT2D eigenvalue weighted by Gasteiger charge is 2.21. The summed E-state index contributed by atoms with van der Waals surface area (Å²) in [4.78, 5) is 12.6. The lowest BCUT2D eigenvalue weighted by atomic mass is 10.1. The van der Waals surface area contributed by atoms with Crippen molar-refractivity contribution < 1.29 is 4.79 Å². The molecule has 3 aromatic rings. The first-order chi connectivity index (χ1) is 13.0. The zero-order valence-electron chi connectivity index (χ0n) is 15.9. The predicted octanol–water partition coefficient (Wildman–Crippen LogP) is 3.64. The number of hydrogen-bond donors (Lipinski definition) is 1. The second-order valence-electron chi connectivity index (χ2n) is 6.49. The highest BCUT2D eigenvalue weighted by molar-refractivity contribution is 8.00. The predicted molar refractivity (Wildman–Crippen MR) is 107 cm³/mol. The molecular formula is C20H23N5OS. The fraction of sp³-hybridized carbons (Fsp3) is 0.300. The first-order valence-corrected chi connectivity index (χ1v) is 9.72. The third-order valence-electron chi connectivity index (χ3n) is 4.55. The second kappa shape index (κ2) is 8.35. The van der Waals surface area contributed by atoms with E-state index in [4.69, 9.17) is 0 Å². The average Bonchev–Trinajstić information content (AvgIpc) is 3.12. The van der Waals surface area contributed by atoms with Gasteiger partial charge in [-0.2, -0.15) is 4.68 Å². The van der Waals surface area contributed by atoms with Crippen LogP contribution in [0.3, 0.4) is 0 Å². The molecule has 27 heavy (non-hydrogen) atoms. The topological polar surface area (TPSA) is 72.7 Å². The number of aromatic nitrogens is 4. The Morgan fingerprint density at radius 2 is 1.81 bits per heavy atom. The average molecular weight is 382 g/mol. The zero-order chi connectivity index (χ0) is 19.4. The molecule has 6 nitrogen and oxygen atoms in total. The van der Waals surface area contributed by atoms with E-state index in [1.165, 1.54) is 17.3 Å². The zero-order valence-corrected chi connectivity index (χ0v) is 16.7. The van der Waals surface area contributed by atoms with Crippen molar-refractivity contribution in [1.82, 2.24) is 25.5 Å². The highest BCUT2D eigenvalue weighted by Crippen LogP contribution is 2.26. The summed E-state index contributed by atoms with van der Waals surface area (Å²) in [7, 11) is 0. The van der Waals surface area contributed by atoms with E-state index in [2.05, 4.69) is 33.8 Å². The van der Waals surface area contributed by atoms with Crippen molar-refractivity contribution in [3.8, 4) is 5.69 Å². The molecule has 2 aromatic carbocycles. The second-order valence-corrected chi connectivity index (χ2v) is 7.80. The summed E-state index contributed by atoms with van der Waals surface area (Å²) in [6.45, 7) is 7.93. The minimum Gasteiger partial charge on any atom is -0.349 e. The van der Waals surface area contributed by atoms with Crippen molar-refractivity contribution in [2.24, 2.45) is 0 Å². The Balaban J connectivity index is 1.72. The van der Waals surface area contributed by atoms with Gasteiger partial charge in [0.15, 0.2) is 0 Å². The minimum atomic E-state index is -0.328. The molecule has 1 amide bonds. The maximum atomic E-state index is 12.6.